The van der Waals surface area contributed by atoms with Crippen LogP contribution < -0.4 is 26.4 Å². The zero-order valence-corrected chi connectivity index (χ0v) is 14.3. The Morgan fingerprint density at radius 1 is 1.04 bits per heavy atom. The predicted molar refractivity (Wildman–Crippen MR) is 93.6 cm³/mol. The van der Waals surface area contributed by atoms with Crippen molar-refractivity contribution in [2.75, 3.05) is 5.32 Å². The second kappa shape index (κ2) is 7.30. The van der Waals surface area contributed by atoms with Gasteiger partial charge in [-0.15, -0.1) is 0 Å². The highest BCUT2D eigenvalue weighted by Gasteiger charge is 2.35. The Hall–Kier alpha value is -2.30. The van der Waals surface area contributed by atoms with E-state index in [4.69, 9.17) is 0 Å². The van der Waals surface area contributed by atoms with Gasteiger partial charge < -0.3 is 5.32 Å². The first-order chi connectivity index (χ1) is 12.0. The number of anilines is 1. The highest BCUT2D eigenvalue weighted by molar-refractivity contribution is 7.89. The van der Waals surface area contributed by atoms with Gasteiger partial charge in [0.2, 0.25) is 15.9 Å². The number of carbonyl (C=O) groups excluding carboxylic acids is 1. The van der Waals surface area contributed by atoms with Crippen LogP contribution in [0.2, 0.25) is 0 Å². The molecular formula is C16H19N5O3S. The molecule has 0 aromatic heterocycles. The van der Waals surface area contributed by atoms with E-state index >= 15 is 0 Å². The molecule has 1 heterocycles. The molecule has 1 aliphatic heterocycles. The van der Waals surface area contributed by atoms with Gasteiger partial charge in [-0.25, -0.2) is 19.3 Å². The van der Waals surface area contributed by atoms with Crippen LogP contribution in [0.4, 0.5) is 5.69 Å². The van der Waals surface area contributed by atoms with E-state index in [1.54, 1.807) is 24.3 Å². The Morgan fingerprint density at radius 2 is 1.80 bits per heavy atom. The molecule has 3 rings (SSSR count). The summed E-state index contributed by atoms with van der Waals surface area (Å²) in [5.74, 6) is -0.371. The summed E-state index contributed by atoms with van der Waals surface area (Å²) in [4.78, 5) is 12.6. The van der Waals surface area contributed by atoms with Gasteiger partial charge >= 0.3 is 0 Å². The molecule has 2 unspecified atom stereocenters. The minimum atomic E-state index is -3.76. The Bertz CT molecular complexity index is 857. The number of hydrazine groups is 2. The number of hydrogen-bond donors (Lipinski definition) is 5. The van der Waals surface area contributed by atoms with Crippen LogP contribution in [0.15, 0.2) is 59.5 Å². The second-order valence-corrected chi connectivity index (χ2v) is 7.38. The molecule has 1 saturated heterocycles. The van der Waals surface area contributed by atoms with Crippen molar-refractivity contribution in [1.29, 1.82) is 0 Å². The lowest BCUT2D eigenvalue weighted by Gasteiger charge is -2.19. The molecule has 5 N–H and O–H groups in total. The van der Waals surface area contributed by atoms with Crippen LogP contribution in [-0.4, -0.2) is 26.5 Å². The van der Waals surface area contributed by atoms with Gasteiger partial charge in [0.1, 0.15) is 12.2 Å². The van der Waals surface area contributed by atoms with E-state index < -0.39 is 22.2 Å². The average Bonchev–Trinajstić information content (AvgIpc) is 3.03. The van der Waals surface area contributed by atoms with Crippen LogP contribution >= 0.6 is 0 Å². The Labute approximate surface area is 146 Å². The first-order valence-corrected chi connectivity index (χ1v) is 9.15. The molecule has 132 valence electrons. The fraction of sp³-hybridized carbons (Fsp3) is 0.188. The molecule has 0 saturated carbocycles. The highest BCUT2D eigenvalue weighted by atomic mass is 32.2. The summed E-state index contributed by atoms with van der Waals surface area (Å²) in [6.45, 7) is 1.92. The first-order valence-electron chi connectivity index (χ1n) is 7.67. The minimum absolute atomic E-state index is 0.126. The number of hydrogen-bond acceptors (Lipinski definition) is 6. The van der Waals surface area contributed by atoms with Crippen LogP contribution in [0.1, 0.15) is 5.56 Å². The molecule has 0 bridgehead atoms. The number of benzene rings is 2. The van der Waals surface area contributed by atoms with Gasteiger partial charge in [-0.2, -0.15) is 10.3 Å². The molecule has 2 aromatic rings. The van der Waals surface area contributed by atoms with Crippen molar-refractivity contribution in [2.24, 2.45) is 0 Å². The summed E-state index contributed by atoms with van der Waals surface area (Å²) >= 11 is 0. The second-order valence-electron chi connectivity index (χ2n) is 5.66. The minimum Gasteiger partial charge on any atom is -0.325 e. The molecule has 2 aromatic carbocycles. The Kier molecular flexibility index (Phi) is 5.11. The van der Waals surface area contributed by atoms with E-state index in [1.165, 1.54) is 12.1 Å². The molecule has 9 heteroatoms. The van der Waals surface area contributed by atoms with Gasteiger partial charge in [0.15, 0.2) is 0 Å². The lowest BCUT2D eigenvalue weighted by atomic mass is 10.2. The normalized spacial score (nSPS) is 20.4. The van der Waals surface area contributed by atoms with E-state index in [9.17, 15) is 13.2 Å². The number of aryl methyl sites for hydroxylation is 1. The van der Waals surface area contributed by atoms with Gasteiger partial charge in [0, 0.05) is 5.69 Å². The molecular weight excluding hydrogens is 342 g/mol. The summed E-state index contributed by atoms with van der Waals surface area (Å²) in [6, 6.07) is 14.5. The summed E-state index contributed by atoms with van der Waals surface area (Å²) < 4.78 is 27.3. The van der Waals surface area contributed by atoms with E-state index in [0.717, 1.165) is 5.56 Å². The average molecular weight is 361 g/mol. The molecule has 2 atom stereocenters. The number of nitrogens with one attached hydrogen (secondary N) is 5. The fourth-order valence-electron chi connectivity index (χ4n) is 2.46. The topological polar surface area (TPSA) is 111 Å². The third kappa shape index (κ3) is 4.21. The van der Waals surface area contributed by atoms with Gasteiger partial charge in [-0.05, 0) is 36.8 Å². The van der Waals surface area contributed by atoms with Crippen molar-refractivity contribution < 1.29 is 13.2 Å². The SMILES string of the molecule is Cc1cccc(NC(=O)C2NNNC2NS(=O)(=O)c2ccccc2)c1. The Balaban J connectivity index is 1.71. The van der Waals surface area contributed by atoms with E-state index in [1.807, 2.05) is 25.1 Å². The lowest BCUT2D eigenvalue weighted by Crippen LogP contribution is -2.53. The monoisotopic (exact) mass is 361 g/mol. The highest BCUT2D eigenvalue weighted by Crippen LogP contribution is 2.12. The molecule has 0 spiro atoms. The van der Waals surface area contributed by atoms with Gasteiger partial charge in [0.25, 0.3) is 0 Å². The number of rotatable bonds is 5. The summed E-state index contributed by atoms with van der Waals surface area (Å²) in [5, 5.41) is 2.76. The molecule has 1 amide bonds. The lowest BCUT2D eigenvalue weighted by molar-refractivity contribution is -0.118. The third-order valence-electron chi connectivity index (χ3n) is 3.69. The third-order valence-corrected chi connectivity index (χ3v) is 5.15. The molecule has 1 aliphatic rings. The van der Waals surface area contributed by atoms with Crippen molar-refractivity contribution in [2.45, 2.75) is 24.0 Å². The van der Waals surface area contributed by atoms with E-state index in [0.29, 0.717) is 5.69 Å². The zero-order valence-electron chi connectivity index (χ0n) is 13.5. The van der Waals surface area contributed by atoms with E-state index in [2.05, 4.69) is 26.4 Å². The number of amides is 1. The summed E-state index contributed by atoms with van der Waals surface area (Å²) in [5.41, 5.74) is 9.65. The van der Waals surface area contributed by atoms with Gasteiger partial charge in [0.05, 0.1) is 4.90 Å². The van der Waals surface area contributed by atoms with Crippen molar-refractivity contribution in [3.05, 3.63) is 60.2 Å². The molecule has 0 aliphatic carbocycles. The quantitative estimate of drug-likeness (QED) is 0.521. The Morgan fingerprint density at radius 3 is 2.52 bits per heavy atom. The summed E-state index contributed by atoms with van der Waals surface area (Å²) in [7, 11) is -3.76. The smallest absolute Gasteiger partial charge is 0.246 e. The van der Waals surface area contributed by atoms with Crippen LogP contribution in [-0.2, 0) is 14.8 Å². The van der Waals surface area contributed by atoms with Crippen molar-refractivity contribution in [1.82, 2.24) is 21.1 Å². The van der Waals surface area contributed by atoms with Crippen LogP contribution in [0.3, 0.4) is 0 Å². The van der Waals surface area contributed by atoms with Crippen LogP contribution in [0.25, 0.3) is 0 Å². The van der Waals surface area contributed by atoms with Gasteiger partial charge in [-0.1, -0.05) is 30.3 Å². The van der Waals surface area contributed by atoms with Crippen molar-refractivity contribution >= 4 is 21.6 Å². The molecule has 0 radical (unpaired) electrons. The first kappa shape index (κ1) is 17.5. The largest absolute Gasteiger partial charge is 0.325 e. The molecule has 8 nitrogen and oxygen atoms in total. The summed E-state index contributed by atoms with van der Waals surface area (Å²) in [6.07, 6.45) is -0.852. The number of sulfonamides is 1. The fourth-order valence-corrected chi connectivity index (χ4v) is 3.64. The van der Waals surface area contributed by atoms with Crippen LogP contribution in [0, 0.1) is 6.92 Å². The van der Waals surface area contributed by atoms with Crippen LogP contribution in [0.5, 0.6) is 0 Å². The maximum atomic E-state index is 12.5. The number of carbonyl (C=O) groups is 1. The molecule has 25 heavy (non-hydrogen) atoms. The maximum absolute atomic E-state index is 12.5. The predicted octanol–water partition coefficient (Wildman–Crippen LogP) is 0.219. The van der Waals surface area contributed by atoms with Crippen molar-refractivity contribution in [3.63, 3.8) is 0 Å². The van der Waals surface area contributed by atoms with Gasteiger partial charge in [-0.3, -0.25) is 4.79 Å². The molecule has 1 fully saturated rings. The standard InChI is InChI=1S/C16H19N5O3S/c1-11-6-5-7-12(10-11)17-16(22)14-15(19-21-18-14)20-25(23,24)13-8-3-2-4-9-13/h2-10,14-15,18-21H,1H3,(H,17,22). The zero-order chi connectivity index (χ0) is 17.9. The van der Waals surface area contributed by atoms with Crippen molar-refractivity contribution in [3.8, 4) is 0 Å². The van der Waals surface area contributed by atoms with E-state index in [-0.39, 0.29) is 10.8 Å². The maximum Gasteiger partial charge on any atom is 0.246 e.